The summed E-state index contributed by atoms with van der Waals surface area (Å²) in [6.45, 7) is 1.71. The zero-order chi connectivity index (χ0) is 15.9. The summed E-state index contributed by atoms with van der Waals surface area (Å²) in [5.41, 5.74) is 0.955. The lowest BCUT2D eigenvalue weighted by molar-refractivity contribution is -0.125. The van der Waals surface area contributed by atoms with Gasteiger partial charge < -0.3 is 4.90 Å². The van der Waals surface area contributed by atoms with Gasteiger partial charge in [0.05, 0.1) is 0 Å². The summed E-state index contributed by atoms with van der Waals surface area (Å²) in [5.74, 6) is 1.75. The molecule has 118 valence electrons. The second kappa shape index (κ2) is 7.97. The average Bonchev–Trinajstić information content (AvgIpc) is 3.09. The molecule has 3 rings (SSSR count). The molecular formula is C19H20N2OS. The van der Waals surface area contributed by atoms with E-state index in [4.69, 9.17) is 0 Å². The van der Waals surface area contributed by atoms with E-state index in [2.05, 4.69) is 29.2 Å². The first-order chi connectivity index (χ1) is 11.3. The van der Waals surface area contributed by atoms with Crippen molar-refractivity contribution >= 4 is 23.7 Å². The van der Waals surface area contributed by atoms with Crippen molar-refractivity contribution < 1.29 is 4.79 Å². The second-order valence-electron chi connectivity index (χ2n) is 5.68. The van der Waals surface area contributed by atoms with Crippen molar-refractivity contribution in [2.45, 2.75) is 11.3 Å². The first-order valence-electron chi connectivity index (χ1n) is 7.86. The standard InChI is InChI=1S/C19H20N2OS/c22-19(9-8-16-5-4-11-20-13-16)21-12-10-17(14-21)15-23-18-6-2-1-3-7-18/h1-9,11,13,17H,10,12,14-15H2/b9-8+/t17-/m0/s1. The van der Waals surface area contributed by atoms with Gasteiger partial charge in [-0.05, 0) is 42.2 Å². The van der Waals surface area contributed by atoms with E-state index in [-0.39, 0.29) is 5.91 Å². The summed E-state index contributed by atoms with van der Waals surface area (Å²) in [4.78, 5) is 19.5. The number of likely N-dealkylation sites (tertiary alicyclic amines) is 1. The van der Waals surface area contributed by atoms with Crippen LogP contribution in [-0.4, -0.2) is 34.6 Å². The number of hydrogen-bond acceptors (Lipinski definition) is 3. The summed E-state index contributed by atoms with van der Waals surface area (Å²) in [6.07, 6.45) is 8.07. The Balaban J connectivity index is 1.47. The summed E-state index contributed by atoms with van der Waals surface area (Å²) in [5, 5.41) is 0. The van der Waals surface area contributed by atoms with Gasteiger partial charge in [0.25, 0.3) is 0 Å². The smallest absolute Gasteiger partial charge is 0.246 e. The van der Waals surface area contributed by atoms with Crippen molar-refractivity contribution in [3.63, 3.8) is 0 Å². The fraction of sp³-hybridized carbons (Fsp3) is 0.263. The van der Waals surface area contributed by atoms with Gasteiger partial charge in [-0.25, -0.2) is 0 Å². The monoisotopic (exact) mass is 324 g/mol. The summed E-state index contributed by atoms with van der Waals surface area (Å²) >= 11 is 1.88. The molecule has 0 unspecified atom stereocenters. The topological polar surface area (TPSA) is 33.2 Å². The SMILES string of the molecule is O=C(/C=C/c1cccnc1)N1CC[C@H](CSc2ccccc2)C1. The van der Waals surface area contributed by atoms with Crippen LogP contribution in [0.3, 0.4) is 0 Å². The average molecular weight is 324 g/mol. The maximum absolute atomic E-state index is 12.3. The van der Waals surface area contributed by atoms with Crippen molar-refractivity contribution in [2.75, 3.05) is 18.8 Å². The number of aromatic nitrogens is 1. The lowest BCUT2D eigenvalue weighted by atomic mass is 10.2. The van der Waals surface area contributed by atoms with Crippen LogP contribution in [0.1, 0.15) is 12.0 Å². The van der Waals surface area contributed by atoms with E-state index in [1.165, 1.54) is 4.90 Å². The number of pyridine rings is 1. The summed E-state index contributed by atoms with van der Waals surface area (Å²) < 4.78 is 0. The zero-order valence-electron chi connectivity index (χ0n) is 13.0. The fourth-order valence-electron chi connectivity index (χ4n) is 2.65. The van der Waals surface area contributed by atoms with Crippen molar-refractivity contribution in [3.8, 4) is 0 Å². The van der Waals surface area contributed by atoms with E-state index < -0.39 is 0 Å². The Bertz CT molecular complexity index is 658. The largest absolute Gasteiger partial charge is 0.339 e. The van der Waals surface area contributed by atoms with E-state index >= 15 is 0 Å². The number of rotatable bonds is 5. The number of amides is 1. The quantitative estimate of drug-likeness (QED) is 0.620. The molecule has 1 aliphatic rings. The Morgan fingerprint density at radius 2 is 2.13 bits per heavy atom. The predicted molar refractivity (Wildman–Crippen MR) is 95.1 cm³/mol. The zero-order valence-corrected chi connectivity index (χ0v) is 13.8. The van der Waals surface area contributed by atoms with Crippen LogP contribution in [0.5, 0.6) is 0 Å². The minimum Gasteiger partial charge on any atom is -0.339 e. The lowest BCUT2D eigenvalue weighted by Gasteiger charge is -2.14. The molecule has 2 aromatic rings. The van der Waals surface area contributed by atoms with Crippen molar-refractivity contribution in [2.24, 2.45) is 5.92 Å². The highest BCUT2D eigenvalue weighted by molar-refractivity contribution is 7.99. The molecule has 23 heavy (non-hydrogen) atoms. The van der Waals surface area contributed by atoms with Gasteiger partial charge in [-0.15, -0.1) is 11.8 Å². The van der Waals surface area contributed by atoms with Crippen LogP contribution >= 0.6 is 11.8 Å². The number of nitrogens with zero attached hydrogens (tertiary/aromatic N) is 2. The third kappa shape index (κ3) is 4.70. The molecule has 0 saturated carbocycles. The van der Waals surface area contributed by atoms with Gasteiger partial charge in [-0.1, -0.05) is 24.3 Å². The van der Waals surface area contributed by atoms with Crippen molar-refractivity contribution in [1.82, 2.24) is 9.88 Å². The number of benzene rings is 1. The molecule has 0 spiro atoms. The molecule has 1 amide bonds. The van der Waals surface area contributed by atoms with Gasteiger partial charge in [-0.2, -0.15) is 0 Å². The maximum Gasteiger partial charge on any atom is 0.246 e. The van der Waals surface area contributed by atoms with Crippen LogP contribution in [-0.2, 0) is 4.79 Å². The van der Waals surface area contributed by atoms with Gasteiger partial charge in [0, 0.05) is 42.2 Å². The molecule has 1 atom stereocenters. The molecule has 0 bridgehead atoms. The van der Waals surface area contributed by atoms with Crippen molar-refractivity contribution in [1.29, 1.82) is 0 Å². The van der Waals surface area contributed by atoms with E-state index in [0.29, 0.717) is 5.92 Å². The molecule has 1 aromatic heterocycles. The minimum absolute atomic E-state index is 0.0982. The highest BCUT2D eigenvalue weighted by atomic mass is 32.2. The van der Waals surface area contributed by atoms with Crippen LogP contribution in [0.2, 0.25) is 0 Å². The number of carbonyl (C=O) groups excluding carboxylic acids is 1. The second-order valence-corrected chi connectivity index (χ2v) is 6.78. The lowest BCUT2D eigenvalue weighted by Crippen LogP contribution is -2.27. The van der Waals surface area contributed by atoms with Gasteiger partial charge in [-0.3, -0.25) is 9.78 Å². The molecule has 0 N–H and O–H groups in total. The Labute approximate surface area is 141 Å². The van der Waals surface area contributed by atoms with Crippen LogP contribution in [0.15, 0.2) is 65.8 Å². The van der Waals surface area contributed by atoms with Gasteiger partial charge >= 0.3 is 0 Å². The Morgan fingerprint density at radius 1 is 1.26 bits per heavy atom. The molecule has 1 aromatic carbocycles. The van der Waals surface area contributed by atoms with Gasteiger partial charge in [0.1, 0.15) is 0 Å². The van der Waals surface area contributed by atoms with Crippen LogP contribution < -0.4 is 0 Å². The number of carbonyl (C=O) groups is 1. The summed E-state index contributed by atoms with van der Waals surface area (Å²) in [6, 6.07) is 14.3. The van der Waals surface area contributed by atoms with E-state index in [0.717, 1.165) is 30.8 Å². The normalized spacial score (nSPS) is 17.7. The van der Waals surface area contributed by atoms with Gasteiger partial charge in [0.15, 0.2) is 0 Å². The Hall–Kier alpha value is -2.07. The Morgan fingerprint density at radius 3 is 2.91 bits per heavy atom. The van der Waals surface area contributed by atoms with E-state index in [1.54, 1.807) is 18.5 Å². The molecule has 4 heteroatoms. The third-order valence-corrected chi connectivity index (χ3v) is 5.17. The van der Waals surface area contributed by atoms with Crippen LogP contribution in [0.4, 0.5) is 0 Å². The minimum atomic E-state index is 0.0982. The highest BCUT2D eigenvalue weighted by Crippen LogP contribution is 2.26. The first-order valence-corrected chi connectivity index (χ1v) is 8.85. The third-order valence-electron chi connectivity index (χ3n) is 3.93. The molecule has 0 aliphatic carbocycles. The van der Waals surface area contributed by atoms with E-state index in [1.807, 2.05) is 40.9 Å². The fourth-order valence-corrected chi connectivity index (χ4v) is 3.70. The van der Waals surface area contributed by atoms with Crippen LogP contribution in [0, 0.1) is 5.92 Å². The van der Waals surface area contributed by atoms with Gasteiger partial charge in [0.2, 0.25) is 5.91 Å². The van der Waals surface area contributed by atoms with E-state index in [9.17, 15) is 4.79 Å². The predicted octanol–water partition coefficient (Wildman–Crippen LogP) is 3.74. The number of thioether (sulfide) groups is 1. The molecule has 1 aliphatic heterocycles. The Kier molecular flexibility index (Phi) is 5.48. The highest BCUT2D eigenvalue weighted by Gasteiger charge is 2.24. The molecule has 2 heterocycles. The van der Waals surface area contributed by atoms with Crippen LogP contribution in [0.25, 0.3) is 6.08 Å². The first kappa shape index (κ1) is 15.8. The molecule has 0 radical (unpaired) electrons. The molecule has 1 fully saturated rings. The summed E-state index contributed by atoms with van der Waals surface area (Å²) in [7, 11) is 0. The maximum atomic E-state index is 12.3. The molecule has 3 nitrogen and oxygen atoms in total. The van der Waals surface area contributed by atoms with Crippen molar-refractivity contribution in [3.05, 3.63) is 66.5 Å². The number of hydrogen-bond donors (Lipinski definition) is 0. The molecule has 1 saturated heterocycles. The molecular weight excluding hydrogens is 304 g/mol.